The van der Waals surface area contributed by atoms with Crippen LogP contribution in [0.15, 0.2) is 74.6 Å². The number of rotatable bonds is 5. The Kier molecular flexibility index (Phi) is 5.07. The van der Waals surface area contributed by atoms with Crippen molar-refractivity contribution in [3.63, 3.8) is 0 Å². The Morgan fingerprint density at radius 1 is 1.10 bits per heavy atom. The maximum absolute atomic E-state index is 13.1. The van der Waals surface area contributed by atoms with Crippen LogP contribution in [0.1, 0.15) is 5.89 Å². The number of thioether (sulfide) groups is 1. The van der Waals surface area contributed by atoms with Gasteiger partial charge in [-0.15, -0.1) is 11.3 Å². The van der Waals surface area contributed by atoms with Crippen molar-refractivity contribution in [2.45, 2.75) is 10.9 Å². The number of fused-ring (bicyclic) bond motifs is 1. The Bertz CT molecular complexity index is 1380. The predicted octanol–water partition coefficient (Wildman–Crippen LogP) is 4.84. The minimum absolute atomic E-state index is 0.125. The largest absolute Gasteiger partial charge is 0.338 e. The molecule has 0 saturated heterocycles. The molecule has 10 heteroatoms. The molecule has 0 N–H and O–H groups in total. The first-order valence-corrected chi connectivity index (χ1v) is 11.1. The van der Waals surface area contributed by atoms with Gasteiger partial charge in [0, 0.05) is 11.2 Å². The van der Waals surface area contributed by atoms with Crippen molar-refractivity contribution in [1.29, 1.82) is 0 Å². The fraction of sp³-hybridized carbons (Fsp3) is 0.0500. The van der Waals surface area contributed by atoms with Crippen LogP contribution in [0.25, 0.3) is 27.4 Å². The monoisotopic (exact) mass is 453 g/mol. The van der Waals surface area contributed by atoms with Gasteiger partial charge in [-0.2, -0.15) is 4.98 Å². The summed E-state index contributed by atoms with van der Waals surface area (Å²) in [5, 5.41) is 6.97. The average Bonchev–Trinajstić information content (AvgIpc) is 3.44. The van der Waals surface area contributed by atoms with Crippen molar-refractivity contribution in [2.24, 2.45) is 0 Å². The second-order valence-electron chi connectivity index (χ2n) is 6.16. The summed E-state index contributed by atoms with van der Waals surface area (Å²) < 4.78 is 7.53. The van der Waals surface area contributed by atoms with E-state index in [2.05, 4.69) is 20.1 Å². The zero-order valence-corrected chi connectivity index (χ0v) is 17.6. The van der Waals surface area contributed by atoms with E-state index >= 15 is 0 Å². The molecule has 0 fully saturated rings. The maximum Gasteiger partial charge on any atom is 0.276 e. The molecule has 5 rings (SSSR count). The van der Waals surface area contributed by atoms with Gasteiger partial charge in [-0.1, -0.05) is 34.6 Å². The third-order valence-electron chi connectivity index (χ3n) is 4.22. The molecule has 0 amide bonds. The zero-order valence-electron chi connectivity index (χ0n) is 15.2. The van der Waals surface area contributed by atoms with Crippen molar-refractivity contribution in [2.75, 3.05) is 0 Å². The van der Waals surface area contributed by atoms with E-state index in [1.54, 1.807) is 35.0 Å². The topological polar surface area (TPSA) is 86.7 Å². The van der Waals surface area contributed by atoms with Gasteiger partial charge in [0.05, 0.1) is 17.0 Å². The number of hydrogen-bond acceptors (Lipinski definition) is 8. The lowest BCUT2D eigenvalue weighted by atomic mass is 10.3. The summed E-state index contributed by atoms with van der Waals surface area (Å²) in [7, 11) is 0. The standard InChI is InChI=1S/C20H12ClN5O2S2/c21-12-4-6-13(7-5-12)26-19(27)17-14(8-10-29-17)23-20(26)30-11-16-24-18(25-28-16)15-3-1-2-9-22-15/h1-10H,11H2. The first-order valence-electron chi connectivity index (χ1n) is 8.82. The Morgan fingerprint density at radius 3 is 2.77 bits per heavy atom. The van der Waals surface area contributed by atoms with Gasteiger partial charge in [-0.25, -0.2) is 4.98 Å². The van der Waals surface area contributed by atoms with Crippen LogP contribution in [-0.4, -0.2) is 24.7 Å². The fourth-order valence-corrected chi connectivity index (χ4v) is 4.58. The second-order valence-corrected chi connectivity index (χ2v) is 8.46. The summed E-state index contributed by atoms with van der Waals surface area (Å²) in [6.45, 7) is 0. The molecule has 0 saturated carbocycles. The Morgan fingerprint density at radius 2 is 1.97 bits per heavy atom. The molecule has 0 bridgehead atoms. The third-order valence-corrected chi connectivity index (χ3v) is 6.29. The number of pyridine rings is 1. The van der Waals surface area contributed by atoms with Crippen LogP contribution in [-0.2, 0) is 5.75 Å². The number of benzene rings is 1. The summed E-state index contributed by atoms with van der Waals surface area (Å²) in [5.74, 6) is 1.20. The van der Waals surface area contributed by atoms with Crippen LogP contribution >= 0.6 is 34.7 Å². The van der Waals surface area contributed by atoms with Gasteiger partial charge in [0.15, 0.2) is 5.16 Å². The molecule has 4 heterocycles. The van der Waals surface area contributed by atoms with E-state index in [1.807, 2.05) is 29.6 Å². The SMILES string of the molecule is O=c1c2sccc2nc(SCc2nc(-c3ccccn3)no2)n1-c1ccc(Cl)cc1. The lowest BCUT2D eigenvalue weighted by Gasteiger charge is -2.11. The van der Waals surface area contributed by atoms with E-state index in [-0.39, 0.29) is 5.56 Å². The molecule has 0 radical (unpaired) electrons. The van der Waals surface area contributed by atoms with Gasteiger partial charge >= 0.3 is 0 Å². The number of aromatic nitrogens is 5. The molecule has 4 aromatic heterocycles. The van der Waals surface area contributed by atoms with E-state index in [9.17, 15) is 4.79 Å². The first-order chi connectivity index (χ1) is 14.7. The van der Waals surface area contributed by atoms with Crippen LogP contribution in [0.3, 0.4) is 0 Å². The van der Waals surface area contributed by atoms with Crippen LogP contribution in [0.4, 0.5) is 0 Å². The summed E-state index contributed by atoms with van der Waals surface area (Å²) in [5.41, 5.74) is 1.86. The predicted molar refractivity (Wildman–Crippen MR) is 117 cm³/mol. The minimum Gasteiger partial charge on any atom is -0.338 e. The van der Waals surface area contributed by atoms with E-state index in [4.69, 9.17) is 16.1 Å². The highest BCUT2D eigenvalue weighted by atomic mass is 35.5. The number of nitrogens with zero attached hydrogens (tertiary/aromatic N) is 5. The van der Waals surface area contributed by atoms with Gasteiger partial charge in [-0.05, 0) is 47.8 Å². The molecule has 30 heavy (non-hydrogen) atoms. The zero-order chi connectivity index (χ0) is 20.5. The van der Waals surface area contributed by atoms with Crippen LogP contribution < -0.4 is 5.56 Å². The molecule has 0 spiro atoms. The van der Waals surface area contributed by atoms with E-state index < -0.39 is 0 Å². The van der Waals surface area contributed by atoms with E-state index in [0.717, 1.165) is 0 Å². The molecular formula is C20H12ClN5O2S2. The molecule has 1 aromatic carbocycles. The van der Waals surface area contributed by atoms with Crippen LogP contribution in [0, 0.1) is 0 Å². The lowest BCUT2D eigenvalue weighted by molar-refractivity contribution is 0.391. The van der Waals surface area contributed by atoms with Crippen molar-refractivity contribution in [3.8, 4) is 17.2 Å². The Hall–Kier alpha value is -3.01. The van der Waals surface area contributed by atoms with Gasteiger partial charge in [0.25, 0.3) is 5.56 Å². The lowest BCUT2D eigenvalue weighted by Crippen LogP contribution is -2.20. The van der Waals surface area contributed by atoms with E-state index in [1.165, 1.54) is 23.1 Å². The highest BCUT2D eigenvalue weighted by Crippen LogP contribution is 2.27. The molecule has 7 nitrogen and oxygen atoms in total. The fourth-order valence-electron chi connectivity index (χ4n) is 2.85. The molecular weight excluding hydrogens is 442 g/mol. The molecule has 0 aliphatic heterocycles. The Labute approximate surface area is 183 Å². The molecule has 148 valence electrons. The maximum atomic E-state index is 13.1. The number of halogens is 1. The highest BCUT2D eigenvalue weighted by molar-refractivity contribution is 7.98. The molecule has 0 unspecified atom stereocenters. The van der Waals surface area contributed by atoms with Gasteiger partial charge < -0.3 is 4.52 Å². The normalized spacial score (nSPS) is 11.2. The molecule has 0 aliphatic carbocycles. The van der Waals surface area contributed by atoms with Gasteiger partial charge in [-0.3, -0.25) is 14.3 Å². The van der Waals surface area contributed by atoms with Crippen molar-refractivity contribution in [1.82, 2.24) is 24.7 Å². The smallest absolute Gasteiger partial charge is 0.276 e. The van der Waals surface area contributed by atoms with Crippen molar-refractivity contribution < 1.29 is 4.52 Å². The van der Waals surface area contributed by atoms with Crippen LogP contribution in [0.2, 0.25) is 5.02 Å². The summed E-state index contributed by atoms with van der Waals surface area (Å²) in [6.07, 6.45) is 1.67. The molecule has 0 aliphatic rings. The third kappa shape index (κ3) is 3.62. The van der Waals surface area contributed by atoms with E-state index in [0.29, 0.717) is 49.2 Å². The summed E-state index contributed by atoms with van der Waals surface area (Å²) >= 11 is 8.73. The van der Waals surface area contributed by atoms with Gasteiger partial charge in [0.2, 0.25) is 11.7 Å². The molecule has 0 atom stereocenters. The first kappa shape index (κ1) is 19.0. The minimum atomic E-state index is -0.125. The number of hydrogen-bond donors (Lipinski definition) is 0. The van der Waals surface area contributed by atoms with Crippen molar-refractivity contribution in [3.05, 3.63) is 81.4 Å². The second kappa shape index (κ2) is 8.02. The summed E-state index contributed by atoms with van der Waals surface area (Å²) in [6, 6.07) is 14.4. The van der Waals surface area contributed by atoms with Crippen LogP contribution in [0.5, 0.6) is 0 Å². The molecule has 5 aromatic rings. The van der Waals surface area contributed by atoms with Crippen molar-refractivity contribution >= 4 is 44.9 Å². The Balaban J connectivity index is 1.50. The van der Waals surface area contributed by atoms with Gasteiger partial charge in [0.1, 0.15) is 10.4 Å². The average molecular weight is 454 g/mol. The number of thiophene rings is 1. The quantitative estimate of drug-likeness (QED) is 0.278. The highest BCUT2D eigenvalue weighted by Gasteiger charge is 2.16. The summed E-state index contributed by atoms with van der Waals surface area (Å²) in [4.78, 5) is 26.4.